The molecule has 0 atom stereocenters. The number of sulfone groups is 1. The van der Waals surface area contributed by atoms with Gasteiger partial charge in [-0.3, -0.25) is 0 Å². The van der Waals surface area contributed by atoms with Gasteiger partial charge in [0, 0.05) is 31.3 Å². The Labute approximate surface area is 202 Å². The summed E-state index contributed by atoms with van der Waals surface area (Å²) in [4.78, 5) is 9.40. The van der Waals surface area contributed by atoms with Gasteiger partial charge in [-0.25, -0.2) is 18.4 Å². The molecule has 1 aliphatic rings. The van der Waals surface area contributed by atoms with E-state index >= 15 is 0 Å². The first-order valence-electron chi connectivity index (χ1n) is 12.0. The highest BCUT2D eigenvalue weighted by Crippen LogP contribution is 2.33. The van der Waals surface area contributed by atoms with Crippen LogP contribution in [0.1, 0.15) is 58.7 Å². The molecule has 0 radical (unpaired) electrons. The molecule has 1 fully saturated rings. The number of methoxy groups -OCH3 is 1. The molecule has 4 rings (SSSR count). The summed E-state index contributed by atoms with van der Waals surface area (Å²) in [7, 11) is -2.17. The average Bonchev–Trinajstić information content (AvgIpc) is 3.18. The maximum Gasteiger partial charge on any atom is 0.214 e. The Morgan fingerprint density at radius 2 is 1.76 bits per heavy atom. The highest BCUT2D eigenvalue weighted by Gasteiger charge is 2.27. The maximum atomic E-state index is 13.4. The largest absolute Gasteiger partial charge is 0.475 e. The van der Waals surface area contributed by atoms with Crippen LogP contribution in [0.25, 0.3) is 11.0 Å². The molecule has 2 aromatic heterocycles. The van der Waals surface area contributed by atoms with Crippen molar-refractivity contribution in [1.29, 1.82) is 0 Å². The van der Waals surface area contributed by atoms with E-state index in [1.54, 1.807) is 19.2 Å². The summed E-state index contributed by atoms with van der Waals surface area (Å²) in [5.74, 6) is 1.90. The molecule has 2 heterocycles. The first-order valence-corrected chi connectivity index (χ1v) is 13.5. The molecular formula is C26H35N3O4S. The number of ether oxygens (including phenoxy) is 2. The lowest BCUT2D eigenvalue weighted by Gasteiger charge is -2.26. The van der Waals surface area contributed by atoms with E-state index in [4.69, 9.17) is 14.5 Å². The van der Waals surface area contributed by atoms with Crippen molar-refractivity contribution in [3.05, 3.63) is 42.4 Å². The number of aromatic nitrogens is 3. The minimum atomic E-state index is -3.75. The number of benzene rings is 1. The predicted octanol–water partition coefficient (Wildman–Crippen LogP) is 5.17. The monoisotopic (exact) mass is 485 g/mol. The zero-order chi connectivity index (χ0) is 24.3. The second kappa shape index (κ2) is 10.0. The molecule has 3 aromatic rings. The fourth-order valence-electron chi connectivity index (χ4n) is 4.67. The molecule has 34 heavy (non-hydrogen) atoms. The molecule has 1 saturated carbocycles. The highest BCUT2D eigenvalue weighted by molar-refractivity contribution is 7.91. The minimum absolute atomic E-state index is 0.145. The van der Waals surface area contributed by atoms with E-state index in [-0.39, 0.29) is 21.1 Å². The average molecular weight is 486 g/mol. The lowest BCUT2D eigenvalue weighted by molar-refractivity contribution is 0.143. The van der Waals surface area contributed by atoms with Gasteiger partial charge in [0.1, 0.15) is 12.4 Å². The first kappa shape index (κ1) is 24.7. The van der Waals surface area contributed by atoms with Gasteiger partial charge in [0.25, 0.3) is 0 Å². The van der Waals surface area contributed by atoms with Crippen LogP contribution in [0.2, 0.25) is 0 Å². The van der Waals surface area contributed by atoms with E-state index in [2.05, 4.69) is 30.3 Å². The molecule has 1 aliphatic carbocycles. The van der Waals surface area contributed by atoms with Crippen molar-refractivity contribution in [1.82, 2.24) is 14.5 Å². The lowest BCUT2D eigenvalue weighted by Crippen LogP contribution is -2.22. The van der Waals surface area contributed by atoms with Crippen LogP contribution in [-0.2, 0) is 26.5 Å². The number of pyridine rings is 1. The van der Waals surface area contributed by atoms with Crippen LogP contribution in [0, 0.1) is 5.92 Å². The molecule has 0 bridgehead atoms. The Bertz CT molecular complexity index is 1240. The molecule has 0 N–H and O–H groups in total. The molecule has 0 spiro atoms. The molecule has 7 nitrogen and oxygen atoms in total. The van der Waals surface area contributed by atoms with Crippen LogP contribution >= 0.6 is 0 Å². The first-order chi connectivity index (χ1) is 16.2. The van der Waals surface area contributed by atoms with E-state index in [1.807, 2.05) is 6.07 Å². The number of hydrogen-bond donors (Lipinski definition) is 0. The standard InChI is InChI=1S/C26H35N3O4S/c1-26(2,3)25-28-22-16-20(10-11-23(22)29(25)18-19-8-6-5-7-9-19)34(30,31)21-12-13-27-24(17-21)33-15-14-32-4/h10-13,16-17,19H,5-9,14-15,18H2,1-4H3. The van der Waals surface area contributed by atoms with E-state index in [0.717, 1.165) is 17.9 Å². The number of nitrogens with zero attached hydrogens (tertiary/aromatic N) is 3. The van der Waals surface area contributed by atoms with Gasteiger partial charge < -0.3 is 14.0 Å². The van der Waals surface area contributed by atoms with Crippen molar-refractivity contribution in [2.24, 2.45) is 5.92 Å². The van der Waals surface area contributed by atoms with Crippen LogP contribution in [0.15, 0.2) is 46.3 Å². The molecule has 184 valence electrons. The van der Waals surface area contributed by atoms with Gasteiger partial charge in [-0.2, -0.15) is 0 Å². The minimum Gasteiger partial charge on any atom is -0.475 e. The zero-order valence-electron chi connectivity index (χ0n) is 20.6. The number of rotatable bonds is 8. The molecular weight excluding hydrogens is 450 g/mol. The number of imidazole rings is 1. The molecule has 1 aromatic carbocycles. The summed E-state index contributed by atoms with van der Waals surface area (Å²) in [5.41, 5.74) is 1.56. The SMILES string of the molecule is COCCOc1cc(S(=O)(=O)c2ccc3c(c2)nc(C(C)(C)C)n3CC2CCCCC2)ccn1. The van der Waals surface area contributed by atoms with Crippen molar-refractivity contribution < 1.29 is 17.9 Å². The van der Waals surface area contributed by atoms with Gasteiger partial charge in [0.2, 0.25) is 15.7 Å². The van der Waals surface area contributed by atoms with Crippen LogP contribution in [0.5, 0.6) is 5.88 Å². The van der Waals surface area contributed by atoms with Crippen LogP contribution < -0.4 is 4.74 Å². The zero-order valence-corrected chi connectivity index (χ0v) is 21.4. The van der Waals surface area contributed by atoms with Crippen LogP contribution in [-0.4, -0.2) is 43.3 Å². The molecule has 8 heteroatoms. The number of hydrogen-bond acceptors (Lipinski definition) is 6. The predicted molar refractivity (Wildman–Crippen MR) is 132 cm³/mol. The Morgan fingerprint density at radius 3 is 2.47 bits per heavy atom. The van der Waals surface area contributed by atoms with E-state index in [1.165, 1.54) is 50.4 Å². The third-order valence-electron chi connectivity index (χ3n) is 6.42. The van der Waals surface area contributed by atoms with Gasteiger partial charge in [-0.05, 0) is 43.0 Å². The molecule has 0 unspecified atom stereocenters. The normalized spacial score (nSPS) is 15.6. The highest BCUT2D eigenvalue weighted by atomic mass is 32.2. The van der Waals surface area contributed by atoms with Crippen molar-refractivity contribution in [2.45, 2.75) is 74.6 Å². The topological polar surface area (TPSA) is 83.3 Å². The Kier molecular flexibility index (Phi) is 7.28. The third-order valence-corrected chi connectivity index (χ3v) is 8.17. The Balaban J connectivity index is 1.70. The Hall–Kier alpha value is -2.45. The summed E-state index contributed by atoms with van der Waals surface area (Å²) < 4.78 is 39.6. The third kappa shape index (κ3) is 5.28. The van der Waals surface area contributed by atoms with E-state index < -0.39 is 9.84 Å². The second-order valence-corrected chi connectivity index (χ2v) is 12.1. The molecule has 0 aliphatic heterocycles. The molecule has 0 amide bonds. The number of fused-ring (bicyclic) bond motifs is 1. The quantitative estimate of drug-likeness (QED) is 0.410. The van der Waals surface area contributed by atoms with Crippen LogP contribution in [0.4, 0.5) is 0 Å². The molecule has 0 saturated heterocycles. The summed E-state index contributed by atoms with van der Waals surface area (Å²) in [6, 6.07) is 8.24. The smallest absolute Gasteiger partial charge is 0.214 e. The van der Waals surface area contributed by atoms with E-state index in [0.29, 0.717) is 24.6 Å². The van der Waals surface area contributed by atoms with E-state index in [9.17, 15) is 8.42 Å². The van der Waals surface area contributed by atoms with Crippen LogP contribution in [0.3, 0.4) is 0 Å². The second-order valence-electron chi connectivity index (χ2n) is 10.1. The van der Waals surface area contributed by atoms with Gasteiger partial charge in [0.05, 0.1) is 27.4 Å². The van der Waals surface area contributed by atoms with Gasteiger partial charge >= 0.3 is 0 Å². The van der Waals surface area contributed by atoms with Crippen molar-refractivity contribution in [2.75, 3.05) is 20.3 Å². The van der Waals surface area contributed by atoms with Gasteiger partial charge in [-0.1, -0.05) is 40.0 Å². The van der Waals surface area contributed by atoms with Gasteiger partial charge in [-0.15, -0.1) is 0 Å². The lowest BCUT2D eigenvalue weighted by atomic mass is 9.88. The summed E-state index contributed by atoms with van der Waals surface area (Å²) in [6.07, 6.45) is 7.83. The fourth-order valence-corrected chi connectivity index (χ4v) is 5.95. The summed E-state index contributed by atoms with van der Waals surface area (Å²) in [6.45, 7) is 8.10. The van der Waals surface area contributed by atoms with Crippen molar-refractivity contribution in [3.8, 4) is 5.88 Å². The maximum absolute atomic E-state index is 13.4. The van der Waals surface area contributed by atoms with Gasteiger partial charge in [0.15, 0.2) is 0 Å². The summed E-state index contributed by atoms with van der Waals surface area (Å²) in [5, 5.41) is 0. The van der Waals surface area contributed by atoms with Crippen molar-refractivity contribution >= 4 is 20.9 Å². The Morgan fingerprint density at radius 1 is 1.03 bits per heavy atom. The fraction of sp³-hybridized carbons (Fsp3) is 0.538. The van der Waals surface area contributed by atoms with Crippen molar-refractivity contribution in [3.63, 3.8) is 0 Å². The summed E-state index contributed by atoms with van der Waals surface area (Å²) >= 11 is 0.